The molecule has 0 N–H and O–H groups in total. The Balaban J connectivity index is 2.16. The van der Waals surface area contributed by atoms with E-state index < -0.39 is 10.0 Å². The number of sulfonamides is 1. The first-order chi connectivity index (χ1) is 9.97. The topological polar surface area (TPSA) is 55.8 Å². The van der Waals surface area contributed by atoms with E-state index in [0.717, 1.165) is 11.3 Å². The molecule has 0 aromatic heterocycles. The van der Waals surface area contributed by atoms with Crippen molar-refractivity contribution in [2.24, 2.45) is 0 Å². The Hall–Kier alpha value is -1.11. The van der Waals surface area contributed by atoms with Gasteiger partial charge in [0.2, 0.25) is 10.0 Å². The first kappa shape index (κ1) is 16.3. The largest absolute Gasteiger partial charge is 0.497 e. The van der Waals surface area contributed by atoms with Crippen LogP contribution in [0.4, 0.5) is 0 Å². The zero-order chi connectivity index (χ0) is 15.5. The van der Waals surface area contributed by atoms with Gasteiger partial charge in [-0.1, -0.05) is 19.1 Å². The third-order valence-electron chi connectivity index (χ3n) is 3.68. The second kappa shape index (κ2) is 6.77. The lowest BCUT2D eigenvalue weighted by molar-refractivity contribution is -0.0288. The molecule has 1 fully saturated rings. The van der Waals surface area contributed by atoms with E-state index in [4.69, 9.17) is 9.47 Å². The molecular weight excluding hydrogens is 290 g/mol. The number of methoxy groups -OCH3 is 1. The highest BCUT2D eigenvalue weighted by molar-refractivity contribution is 7.89. The summed E-state index contributed by atoms with van der Waals surface area (Å²) in [5.41, 5.74) is 0.972. The summed E-state index contributed by atoms with van der Waals surface area (Å²) in [7, 11) is -1.59. The highest BCUT2D eigenvalue weighted by atomic mass is 32.2. The van der Waals surface area contributed by atoms with E-state index >= 15 is 0 Å². The van der Waals surface area contributed by atoms with Crippen LogP contribution in [0, 0.1) is 0 Å². The highest BCUT2D eigenvalue weighted by Gasteiger charge is 2.34. The molecule has 0 amide bonds. The average molecular weight is 313 g/mol. The van der Waals surface area contributed by atoms with Gasteiger partial charge in [-0.15, -0.1) is 0 Å². The summed E-state index contributed by atoms with van der Waals surface area (Å²) in [6, 6.07) is 7.45. The summed E-state index contributed by atoms with van der Waals surface area (Å²) in [4.78, 5) is 0. The van der Waals surface area contributed by atoms with Crippen LogP contribution in [-0.2, 0) is 14.8 Å². The summed E-state index contributed by atoms with van der Waals surface area (Å²) < 4.78 is 37.2. The van der Waals surface area contributed by atoms with E-state index in [-0.39, 0.29) is 17.9 Å². The molecule has 1 aromatic rings. The fourth-order valence-corrected chi connectivity index (χ4v) is 4.24. The van der Waals surface area contributed by atoms with Crippen molar-refractivity contribution in [3.8, 4) is 5.75 Å². The number of hydrogen-bond acceptors (Lipinski definition) is 4. The number of hydrogen-bond donors (Lipinski definition) is 0. The standard InChI is InChI=1S/C15H23NO4S/c1-4-9-21(17,18)16-10-15(20-11-12(16)2)13-5-7-14(19-3)8-6-13/h5-8,12,15H,4,9-11H2,1-3H3. The number of morpholine rings is 1. The zero-order valence-corrected chi connectivity index (χ0v) is 13.6. The summed E-state index contributed by atoms with van der Waals surface area (Å²) in [5.74, 6) is 0.963. The number of nitrogens with zero attached hydrogens (tertiary/aromatic N) is 1. The maximum atomic E-state index is 12.3. The molecule has 6 heteroatoms. The number of benzene rings is 1. The molecule has 2 rings (SSSR count). The SMILES string of the molecule is CCCS(=O)(=O)N1CC(c2ccc(OC)cc2)OCC1C. The molecule has 5 nitrogen and oxygen atoms in total. The van der Waals surface area contributed by atoms with E-state index in [1.54, 1.807) is 11.4 Å². The Morgan fingerprint density at radius 3 is 2.57 bits per heavy atom. The minimum atomic E-state index is -3.21. The molecule has 1 aromatic carbocycles. The van der Waals surface area contributed by atoms with Gasteiger partial charge < -0.3 is 9.47 Å². The second-order valence-corrected chi connectivity index (χ2v) is 7.37. The molecule has 1 heterocycles. The molecule has 1 aliphatic rings. The van der Waals surface area contributed by atoms with Crippen molar-refractivity contribution in [2.75, 3.05) is 26.0 Å². The summed E-state index contributed by atoms with van der Waals surface area (Å²) >= 11 is 0. The maximum absolute atomic E-state index is 12.3. The summed E-state index contributed by atoms with van der Waals surface area (Å²) in [6.45, 7) is 4.55. The van der Waals surface area contributed by atoms with Crippen LogP contribution in [0.1, 0.15) is 31.9 Å². The van der Waals surface area contributed by atoms with Crippen LogP contribution < -0.4 is 4.74 Å². The van der Waals surface area contributed by atoms with Crippen LogP contribution in [0.2, 0.25) is 0 Å². The summed E-state index contributed by atoms with van der Waals surface area (Å²) in [6.07, 6.45) is 0.401. The third-order valence-corrected chi connectivity index (χ3v) is 5.83. The zero-order valence-electron chi connectivity index (χ0n) is 12.8. The molecule has 2 atom stereocenters. The number of ether oxygens (including phenoxy) is 2. The van der Waals surface area contributed by atoms with E-state index in [0.29, 0.717) is 19.6 Å². The lowest BCUT2D eigenvalue weighted by Gasteiger charge is -2.37. The molecule has 1 saturated heterocycles. The van der Waals surface area contributed by atoms with Crippen molar-refractivity contribution in [3.63, 3.8) is 0 Å². The van der Waals surface area contributed by atoms with Gasteiger partial charge >= 0.3 is 0 Å². The molecule has 0 saturated carbocycles. The lowest BCUT2D eigenvalue weighted by atomic mass is 10.1. The molecule has 0 spiro atoms. The van der Waals surface area contributed by atoms with Gasteiger partial charge in [0.05, 0.1) is 25.6 Å². The first-order valence-corrected chi connectivity index (χ1v) is 8.84. The minimum absolute atomic E-state index is 0.115. The Morgan fingerprint density at radius 2 is 2.00 bits per heavy atom. The quantitative estimate of drug-likeness (QED) is 0.836. The van der Waals surface area contributed by atoms with E-state index in [1.807, 2.05) is 38.1 Å². The van der Waals surface area contributed by atoms with Gasteiger partial charge in [-0.3, -0.25) is 0 Å². The van der Waals surface area contributed by atoms with Crippen molar-refractivity contribution in [2.45, 2.75) is 32.4 Å². The van der Waals surface area contributed by atoms with E-state index in [2.05, 4.69) is 0 Å². The van der Waals surface area contributed by atoms with Gasteiger partial charge in [0.15, 0.2) is 0 Å². The molecule has 0 aliphatic carbocycles. The maximum Gasteiger partial charge on any atom is 0.214 e. The van der Waals surface area contributed by atoms with Crippen LogP contribution in [0.15, 0.2) is 24.3 Å². The van der Waals surface area contributed by atoms with Crippen LogP contribution in [0.25, 0.3) is 0 Å². The van der Waals surface area contributed by atoms with Crippen LogP contribution in [0.3, 0.4) is 0 Å². The monoisotopic (exact) mass is 313 g/mol. The molecule has 2 unspecified atom stereocenters. The van der Waals surface area contributed by atoms with Gasteiger partial charge in [0.1, 0.15) is 5.75 Å². The fraction of sp³-hybridized carbons (Fsp3) is 0.600. The van der Waals surface area contributed by atoms with Gasteiger partial charge in [0.25, 0.3) is 0 Å². The number of rotatable bonds is 5. The Labute approximate surface area is 126 Å². The van der Waals surface area contributed by atoms with Crippen molar-refractivity contribution in [1.29, 1.82) is 0 Å². The van der Waals surface area contributed by atoms with Crippen molar-refractivity contribution in [1.82, 2.24) is 4.31 Å². The smallest absolute Gasteiger partial charge is 0.214 e. The van der Waals surface area contributed by atoms with Crippen molar-refractivity contribution >= 4 is 10.0 Å². The van der Waals surface area contributed by atoms with E-state index in [9.17, 15) is 8.42 Å². The Bertz CT molecular complexity index is 556. The van der Waals surface area contributed by atoms with Crippen molar-refractivity contribution in [3.05, 3.63) is 29.8 Å². The minimum Gasteiger partial charge on any atom is -0.497 e. The second-order valence-electron chi connectivity index (χ2n) is 5.33. The van der Waals surface area contributed by atoms with Gasteiger partial charge in [-0.25, -0.2) is 8.42 Å². The van der Waals surface area contributed by atoms with Gasteiger partial charge in [-0.05, 0) is 31.0 Å². The predicted octanol–water partition coefficient (Wildman–Crippen LogP) is 2.20. The Kier molecular flexibility index (Phi) is 5.24. The van der Waals surface area contributed by atoms with Crippen LogP contribution in [-0.4, -0.2) is 44.8 Å². The van der Waals surface area contributed by atoms with Gasteiger partial charge in [-0.2, -0.15) is 4.31 Å². The van der Waals surface area contributed by atoms with Crippen LogP contribution in [0.5, 0.6) is 5.75 Å². The molecule has 118 valence electrons. The van der Waals surface area contributed by atoms with E-state index in [1.165, 1.54) is 0 Å². The molecule has 1 aliphatic heterocycles. The van der Waals surface area contributed by atoms with Crippen LogP contribution >= 0.6 is 0 Å². The molecule has 21 heavy (non-hydrogen) atoms. The Morgan fingerprint density at radius 1 is 1.33 bits per heavy atom. The lowest BCUT2D eigenvalue weighted by Crippen LogP contribution is -2.48. The normalized spacial score (nSPS) is 24.0. The average Bonchev–Trinajstić information content (AvgIpc) is 2.47. The molecule has 0 bridgehead atoms. The fourth-order valence-electron chi connectivity index (χ4n) is 2.52. The third kappa shape index (κ3) is 3.75. The summed E-state index contributed by atoms with van der Waals surface area (Å²) in [5, 5.41) is 0. The molecule has 0 radical (unpaired) electrons. The highest BCUT2D eigenvalue weighted by Crippen LogP contribution is 2.28. The van der Waals surface area contributed by atoms with Gasteiger partial charge in [0, 0.05) is 12.6 Å². The predicted molar refractivity (Wildman–Crippen MR) is 81.9 cm³/mol. The molecular formula is C15H23NO4S. The van der Waals surface area contributed by atoms with Crippen molar-refractivity contribution < 1.29 is 17.9 Å². The first-order valence-electron chi connectivity index (χ1n) is 7.23.